The first-order valence-corrected chi connectivity index (χ1v) is 11.4. The molecule has 1 amide bonds. The second kappa shape index (κ2) is 9.96. The molecule has 0 N–H and O–H groups in total. The molecule has 0 spiro atoms. The van der Waals surface area contributed by atoms with E-state index in [1.54, 1.807) is 0 Å². The smallest absolute Gasteiger partial charge is 0.254 e. The quantitative estimate of drug-likeness (QED) is 0.575. The minimum absolute atomic E-state index is 0.0548. The molecule has 2 heterocycles. The Morgan fingerprint density at radius 3 is 2.39 bits per heavy atom. The lowest BCUT2D eigenvalue weighted by Crippen LogP contribution is -2.48. The fraction of sp³-hybridized carbons (Fsp3) is 0.296. The number of carbonyl (C=O) groups is 1. The minimum Gasteiger partial charge on any atom is -0.489 e. The standard InChI is InChI=1S/C27H28N2O4/c30-27(23-7-4-8-24(18-23)33-20-21-5-2-1-3-6-21)29-13-11-28(12-14-29)19-22-9-10-25-26(17-22)32-16-15-31-25/h1-10,17-18H,11-16,19-20H2. The summed E-state index contributed by atoms with van der Waals surface area (Å²) < 4.78 is 17.2. The van der Waals surface area contributed by atoms with Gasteiger partial charge < -0.3 is 19.1 Å². The summed E-state index contributed by atoms with van der Waals surface area (Å²) in [5.41, 5.74) is 2.96. The van der Waals surface area contributed by atoms with E-state index in [-0.39, 0.29) is 5.91 Å². The molecular weight excluding hydrogens is 416 g/mol. The van der Waals surface area contributed by atoms with E-state index in [1.807, 2.05) is 65.6 Å². The number of piperazine rings is 1. The van der Waals surface area contributed by atoms with Gasteiger partial charge in [0.05, 0.1) is 0 Å². The zero-order chi connectivity index (χ0) is 22.5. The molecular formula is C27H28N2O4. The van der Waals surface area contributed by atoms with Gasteiger partial charge in [-0.2, -0.15) is 0 Å². The van der Waals surface area contributed by atoms with Gasteiger partial charge in [0, 0.05) is 38.3 Å². The molecule has 2 aliphatic heterocycles. The number of ether oxygens (including phenoxy) is 3. The molecule has 5 rings (SSSR count). The van der Waals surface area contributed by atoms with E-state index in [4.69, 9.17) is 14.2 Å². The second-order valence-corrected chi connectivity index (χ2v) is 8.35. The average Bonchev–Trinajstić information content (AvgIpc) is 2.88. The van der Waals surface area contributed by atoms with Gasteiger partial charge in [-0.1, -0.05) is 42.5 Å². The number of benzene rings is 3. The molecule has 3 aromatic rings. The highest BCUT2D eigenvalue weighted by Gasteiger charge is 2.23. The molecule has 2 aliphatic rings. The summed E-state index contributed by atoms with van der Waals surface area (Å²) in [7, 11) is 0. The molecule has 170 valence electrons. The van der Waals surface area contributed by atoms with Crippen molar-refractivity contribution in [2.45, 2.75) is 13.2 Å². The molecule has 0 saturated carbocycles. The third kappa shape index (κ3) is 5.29. The van der Waals surface area contributed by atoms with E-state index in [9.17, 15) is 4.79 Å². The van der Waals surface area contributed by atoms with Crippen molar-refractivity contribution >= 4 is 5.91 Å². The third-order valence-corrected chi connectivity index (χ3v) is 6.00. The molecule has 0 aliphatic carbocycles. The number of carbonyl (C=O) groups excluding carboxylic acids is 1. The van der Waals surface area contributed by atoms with Gasteiger partial charge in [0.25, 0.3) is 5.91 Å². The zero-order valence-electron chi connectivity index (χ0n) is 18.6. The first kappa shape index (κ1) is 21.3. The van der Waals surface area contributed by atoms with Gasteiger partial charge in [-0.15, -0.1) is 0 Å². The fourth-order valence-corrected chi connectivity index (χ4v) is 4.20. The van der Waals surface area contributed by atoms with E-state index < -0.39 is 0 Å². The highest BCUT2D eigenvalue weighted by molar-refractivity contribution is 5.94. The van der Waals surface area contributed by atoms with Crippen LogP contribution in [0.25, 0.3) is 0 Å². The van der Waals surface area contributed by atoms with E-state index in [0.717, 1.165) is 36.7 Å². The predicted octanol–water partition coefficient (Wildman–Crippen LogP) is 3.99. The highest BCUT2D eigenvalue weighted by atomic mass is 16.6. The zero-order valence-corrected chi connectivity index (χ0v) is 18.6. The first-order chi connectivity index (χ1) is 16.2. The predicted molar refractivity (Wildman–Crippen MR) is 126 cm³/mol. The van der Waals surface area contributed by atoms with Crippen LogP contribution in [0, 0.1) is 0 Å². The van der Waals surface area contributed by atoms with Crippen molar-refractivity contribution in [3.63, 3.8) is 0 Å². The first-order valence-electron chi connectivity index (χ1n) is 11.4. The Kier molecular flexibility index (Phi) is 6.44. The molecule has 0 radical (unpaired) electrons. The molecule has 1 fully saturated rings. The monoisotopic (exact) mass is 444 g/mol. The fourth-order valence-electron chi connectivity index (χ4n) is 4.20. The Labute approximate surface area is 194 Å². The Morgan fingerprint density at radius 1 is 0.788 bits per heavy atom. The van der Waals surface area contributed by atoms with Crippen LogP contribution in [0.15, 0.2) is 72.8 Å². The Morgan fingerprint density at radius 2 is 1.58 bits per heavy atom. The van der Waals surface area contributed by atoms with Crippen molar-refractivity contribution in [1.29, 1.82) is 0 Å². The van der Waals surface area contributed by atoms with Gasteiger partial charge >= 0.3 is 0 Å². The number of fused-ring (bicyclic) bond motifs is 1. The molecule has 0 bridgehead atoms. The molecule has 33 heavy (non-hydrogen) atoms. The topological polar surface area (TPSA) is 51.2 Å². The maximum absolute atomic E-state index is 13.1. The molecule has 0 aromatic heterocycles. The maximum atomic E-state index is 13.1. The Hall–Kier alpha value is -3.51. The van der Waals surface area contributed by atoms with Crippen molar-refractivity contribution in [3.05, 3.63) is 89.5 Å². The van der Waals surface area contributed by atoms with E-state index >= 15 is 0 Å². The third-order valence-electron chi connectivity index (χ3n) is 6.00. The lowest BCUT2D eigenvalue weighted by molar-refractivity contribution is 0.0627. The molecule has 3 aromatic carbocycles. The largest absolute Gasteiger partial charge is 0.489 e. The highest BCUT2D eigenvalue weighted by Crippen LogP contribution is 2.31. The van der Waals surface area contributed by atoms with Gasteiger partial charge in [-0.05, 0) is 41.5 Å². The van der Waals surface area contributed by atoms with Crippen LogP contribution in [0.5, 0.6) is 17.2 Å². The van der Waals surface area contributed by atoms with Crippen LogP contribution < -0.4 is 14.2 Å². The summed E-state index contributed by atoms with van der Waals surface area (Å²) in [6.07, 6.45) is 0. The second-order valence-electron chi connectivity index (χ2n) is 8.35. The van der Waals surface area contributed by atoms with Gasteiger partial charge in [0.1, 0.15) is 25.6 Å². The van der Waals surface area contributed by atoms with Crippen LogP contribution in [-0.4, -0.2) is 55.1 Å². The maximum Gasteiger partial charge on any atom is 0.254 e. The van der Waals surface area contributed by atoms with Crippen LogP contribution in [0.1, 0.15) is 21.5 Å². The van der Waals surface area contributed by atoms with Crippen molar-refractivity contribution in [3.8, 4) is 17.2 Å². The van der Waals surface area contributed by atoms with E-state index in [0.29, 0.717) is 44.2 Å². The van der Waals surface area contributed by atoms with Crippen LogP contribution in [0.3, 0.4) is 0 Å². The summed E-state index contributed by atoms with van der Waals surface area (Å²) in [5, 5.41) is 0. The summed E-state index contributed by atoms with van der Waals surface area (Å²) in [4.78, 5) is 17.4. The Bertz CT molecular complexity index is 1090. The average molecular weight is 445 g/mol. The number of rotatable bonds is 6. The van der Waals surface area contributed by atoms with Crippen molar-refractivity contribution in [1.82, 2.24) is 9.80 Å². The van der Waals surface area contributed by atoms with Crippen LogP contribution in [-0.2, 0) is 13.2 Å². The Balaban J connectivity index is 1.14. The van der Waals surface area contributed by atoms with Crippen molar-refractivity contribution in [2.75, 3.05) is 39.4 Å². The van der Waals surface area contributed by atoms with Crippen LogP contribution in [0.2, 0.25) is 0 Å². The molecule has 0 atom stereocenters. The SMILES string of the molecule is O=C(c1cccc(OCc2ccccc2)c1)N1CCN(Cc2ccc3c(c2)OCCO3)CC1. The normalized spacial score (nSPS) is 15.8. The van der Waals surface area contributed by atoms with Crippen molar-refractivity contribution in [2.24, 2.45) is 0 Å². The number of amides is 1. The molecule has 0 unspecified atom stereocenters. The van der Waals surface area contributed by atoms with Gasteiger partial charge in [0.2, 0.25) is 0 Å². The lowest BCUT2D eigenvalue weighted by Gasteiger charge is -2.35. The van der Waals surface area contributed by atoms with Gasteiger partial charge in [-0.3, -0.25) is 9.69 Å². The minimum atomic E-state index is 0.0548. The van der Waals surface area contributed by atoms with Crippen LogP contribution >= 0.6 is 0 Å². The molecule has 6 heteroatoms. The molecule has 6 nitrogen and oxygen atoms in total. The number of nitrogens with zero attached hydrogens (tertiary/aromatic N) is 2. The van der Waals surface area contributed by atoms with Gasteiger partial charge in [-0.25, -0.2) is 0 Å². The molecule has 1 saturated heterocycles. The van der Waals surface area contributed by atoms with E-state index in [2.05, 4.69) is 17.0 Å². The summed E-state index contributed by atoms with van der Waals surface area (Å²) in [6.45, 7) is 5.60. The number of hydrogen-bond acceptors (Lipinski definition) is 5. The summed E-state index contributed by atoms with van der Waals surface area (Å²) in [6, 6.07) is 23.6. The number of hydrogen-bond donors (Lipinski definition) is 0. The van der Waals surface area contributed by atoms with Gasteiger partial charge in [0.15, 0.2) is 11.5 Å². The van der Waals surface area contributed by atoms with Crippen LogP contribution in [0.4, 0.5) is 0 Å². The van der Waals surface area contributed by atoms with Crippen molar-refractivity contribution < 1.29 is 19.0 Å². The summed E-state index contributed by atoms with van der Waals surface area (Å²) >= 11 is 0. The summed E-state index contributed by atoms with van der Waals surface area (Å²) in [5.74, 6) is 2.40. The lowest BCUT2D eigenvalue weighted by atomic mass is 10.1. The van der Waals surface area contributed by atoms with E-state index in [1.165, 1.54) is 5.56 Å².